The maximum absolute atomic E-state index is 13.5. The number of hydrogen-bond acceptors (Lipinski definition) is 3. The van der Waals surface area contributed by atoms with Gasteiger partial charge in [-0.2, -0.15) is 13.2 Å². The summed E-state index contributed by atoms with van der Waals surface area (Å²) in [5, 5.41) is 10.4. The maximum atomic E-state index is 13.5. The van der Waals surface area contributed by atoms with Crippen LogP contribution in [0.3, 0.4) is 0 Å². The molecule has 9 heteroatoms. The van der Waals surface area contributed by atoms with Crippen LogP contribution in [0.2, 0.25) is 5.02 Å². The fourth-order valence-electron chi connectivity index (χ4n) is 4.29. The molecule has 0 spiro atoms. The molecule has 176 valence electrons. The monoisotopic (exact) mass is 481 g/mol. The normalized spacial score (nSPS) is 15.8. The third-order valence-corrected chi connectivity index (χ3v) is 6.03. The van der Waals surface area contributed by atoms with E-state index in [9.17, 15) is 18.0 Å². The second-order valence-corrected chi connectivity index (χ2v) is 8.77. The minimum atomic E-state index is -4.55. The number of hydrogen-bond donors (Lipinski definition) is 1. The Labute approximate surface area is 193 Å². The van der Waals surface area contributed by atoms with E-state index in [0.717, 1.165) is 22.7 Å². The van der Waals surface area contributed by atoms with Crippen LogP contribution >= 0.6 is 11.6 Å². The zero-order chi connectivity index (χ0) is 23.9. The standard InChI is InChI=1S/C24H23ClF3NO4/c1-13(2)33-20-6-3-14(9-18(20)24(26,27)28)12-32-16-4-5-19-17(11-16)22(25)23-15(10-21(30)31)7-8-29(19)23/h3-6,9,11,13,15H,7-8,10,12H2,1-2H3,(H,30,31)/t15-/m0/s1. The number of aromatic nitrogens is 1. The number of benzene rings is 2. The molecule has 1 aliphatic heterocycles. The Bertz CT molecular complexity index is 1200. The second-order valence-electron chi connectivity index (χ2n) is 8.40. The zero-order valence-electron chi connectivity index (χ0n) is 18.1. The first kappa shape index (κ1) is 23.3. The molecule has 1 aliphatic rings. The summed E-state index contributed by atoms with van der Waals surface area (Å²) >= 11 is 6.59. The molecule has 33 heavy (non-hydrogen) atoms. The lowest BCUT2D eigenvalue weighted by molar-refractivity contribution is -0.139. The van der Waals surface area contributed by atoms with Crippen molar-refractivity contribution in [3.05, 3.63) is 58.2 Å². The second kappa shape index (κ2) is 8.82. The number of ether oxygens (including phenoxy) is 2. The molecular weight excluding hydrogens is 459 g/mol. The van der Waals surface area contributed by atoms with Gasteiger partial charge in [-0.1, -0.05) is 17.7 Å². The van der Waals surface area contributed by atoms with Crippen LogP contribution in [-0.2, 0) is 24.1 Å². The van der Waals surface area contributed by atoms with Crippen LogP contribution in [0.5, 0.6) is 11.5 Å². The summed E-state index contributed by atoms with van der Waals surface area (Å²) in [6, 6.07) is 9.19. The van der Waals surface area contributed by atoms with Crippen molar-refractivity contribution in [3.8, 4) is 11.5 Å². The largest absolute Gasteiger partial charge is 0.490 e. The Balaban J connectivity index is 1.57. The predicted molar refractivity (Wildman–Crippen MR) is 118 cm³/mol. The lowest BCUT2D eigenvalue weighted by Gasteiger charge is -2.17. The first-order chi connectivity index (χ1) is 15.5. The number of nitrogens with zero attached hydrogens (tertiary/aromatic N) is 1. The molecule has 4 rings (SSSR count). The lowest BCUT2D eigenvalue weighted by atomic mass is 10.0. The van der Waals surface area contributed by atoms with E-state index in [1.165, 1.54) is 6.07 Å². The molecule has 3 aromatic rings. The van der Waals surface area contributed by atoms with Gasteiger partial charge >= 0.3 is 12.1 Å². The van der Waals surface area contributed by atoms with Gasteiger partial charge in [0.2, 0.25) is 0 Å². The molecule has 0 fully saturated rings. The van der Waals surface area contributed by atoms with Crippen LogP contribution in [0.4, 0.5) is 13.2 Å². The number of halogens is 4. The van der Waals surface area contributed by atoms with Crippen molar-refractivity contribution in [2.24, 2.45) is 0 Å². The van der Waals surface area contributed by atoms with Crippen LogP contribution in [0, 0.1) is 0 Å². The number of alkyl halides is 3. The first-order valence-electron chi connectivity index (χ1n) is 10.6. The van der Waals surface area contributed by atoms with Gasteiger partial charge in [-0.25, -0.2) is 0 Å². The molecule has 2 aromatic carbocycles. The van der Waals surface area contributed by atoms with Crippen LogP contribution in [0.15, 0.2) is 36.4 Å². The summed E-state index contributed by atoms with van der Waals surface area (Å²) in [6.07, 6.45) is -4.21. The minimum Gasteiger partial charge on any atom is -0.490 e. The highest BCUT2D eigenvalue weighted by molar-refractivity contribution is 6.36. The van der Waals surface area contributed by atoms with E-state index < -0.39 is 17.7 Å². The molecule has 1 atom stereocenters. The summed E-state index contributed by atoms with van der Waals surface area (Å²) in [6.45, 7) is 3.95. The molecule has 0 aliphatic carbocycles. The summed E-state index contributed by atoms with van der Waals surface area (Å²) < 4.78 is 53.5. The van der Waals surface area contributed by atoms with Crippen LogP contribution < -0.4 is 9.47 Å². The van der Waals surface area contributed by atoms with Crippen molar-refractivity contribution in [1.29, 1.82) is 0 Å². The van der Waals surface area contributed by atoms with Crippen molar-refractivity contribution in [3.63, 3.8) is 0 Å². The third-order valence-electron chi connectivity index (χ3n) is 5.64. The zero-order valence-corrected chi connectivity index (χ0v) is 18.8. The van der Waals surface area contributed by atoms with Gasteiger partial charge in [0, 0.05) is 23.5 Å². The summed E-state index contributed by atoms with van der Waals surface area (Å²) in [5.41, 5.74) is 1.20. The molecule has 5 nitrogen and oxygen atoms in total. The Morgan fingerprint density at radius 2 is 2.00 bits per heavy atom. The van der Waals surface area contributed by atoms with E-state index in [-0.39, 0.29) is 30.8 Å². The van der Waals surface area contributed by atoms with E-state index in [1.54, 1.807) is 32.0 Å². The molecule has 2 heterocycles. The molecule has 1 N–H and O–H groups in total. The van der Waals surface area contributed by atoms with Crippen molar-refractivity contribution >= 4 is 28.5 Å². The topological polar surface area (TPSA) is 60.7 Å². The molecule has 0 amide bonds. The highest BCUT2D eigenvalue weighted by atomic mass is 35.5. The fourth-order valence-corrected chi connectivity index (χ4v) is 4.69. The van der Waals surface area contributed by atoms with Gasteiger partial charge in [0.05, 0.1) is 28.6 Å². The molecule has 0 unspecified atom stereocenters. The summed E-state index contributed by atoms with van der Waals surface area (Å²) in [7, 11) is 0. The third kappa shape index (κ3) is 4.76. The number of aliphatic carboxylic acids is 1. The first-order valence-corrected chi connectivity index (χ1v) is 11.0. The van der Waals surface area contributed by atoms with E-state index in [4.69, 9.17) is 26.2 Å². The van der Waals surface area contributed by atoms with Crippen LogP contribution in [0.1, 0.15) is 49.4 Å². The Hall–Kier alpha value is -2.87. The maximum Gasteiger partial charge on any atom is 0.419 e. The highest BCUT2D eigenvalue weighted by Gasteiger charge is 2.35. The lowest BCUT2D eigenvalue weighted by Crippen LogP contribution is -2.13. The molecule has 0 saturated carbocycles. The molecule has 0 saturated heterocycles. The minimum absolute atomic E-state index is 0.0114. The summed E-state index contributed by atoms with van der Waals surface area (Å²) in [5.74, 6) is -0.783. The average Bonchev–Trinajstić information content (AvgIpc) is 3.25. The number of carboxylic acid groups (broad SMARTS) is 1. The fraction of sp³-hybridized carbons (Fsp3) is 0.375. The van der Waals surface area contributed by atoms with E-state index in [0.29, 0.717) is 29.3 Å². The predicted octanol–water partition coefficient (Wildman–Crippen LogP) is 6.64. The van der Waals surface area contributed by atoms with Gasteiger partial charge in [0.15, 0.2) is 0 Å². The average molecular weight is 482 g/mol. The molecule has 0 bridgehead atoms. The van der Waals surface area contributed by atoms with Gasteiger partial charge in [0.1, 0.15) is 18.1 Å². The van der Waals surface area contributed by atoms with E-state index in [2.05, 4.69) is 0 Å². The van der Waals surface area contributed by atoms with Gasteiger partial charge in [0.25, 0.3) is 0 Å². The SMILES string of the molecule is CC(C)Oc1ccc(COc2ccc3c(c2)c(Cl)c2n3CC[C@H]2CC(=O)O)cc1C(F)(F)F. The molecular formula is C24H23ClF3NO4. The van der Waals surface area contributed by atoms with Crippen molar-refractivity contribution in [2.45, 2.75) is 58.0 Å². The van der Waals surface area contributed by atoms with Gasteiger partial charge in [-0.05, 0) is 56.2 Å². The Morgan fingerprint density at radius 3 is 2.67 bits per heavy atom. The van der Waals surface area contributed by atoms with Gasteiger partial charge < -0.3 is 19.1 Å². The van der Waals surface area contributed by atoms with Gasteiger partial charge in [-0.15, -0.1) is 0 Å². The van der Waals surface area contributed by atoms with Crippen LogP contribution in [-0.4, -0.2) is 21.7 Å². The van der Waals surface area contributed by atoms with Gasteiger partial charge in [-0.3, -0.25) is 4.79 Å². The number of carboxylic acids is 1. The quantitative estimate of drug-likeness (QED) is 0.411. The Kier molecular flexibility index (Phi) is 6.22. The van der Waals surface area contributed by atoms with E-state index >= 15 is 0 Å². The number of carbonyl (C=O) groups is 1. The highest BCUT2D eigenvalue weighted by Crippen LogP contribution is 2.44. The molecule has 1 aromatic heterocycles. The van der Waals surface area contributed by atoms with Crippen molar-refractivity contribution in [2.75, 3.05) is 0 Å². The number of rotatable bonds is 7. The molecule has 0 radical (unpaired) electrons. The van der Waals surface area contributed by atoms with Crippen molar-refractivity contribution in [1.82, 2.24) is 4.57 Å². The van der Waals surface area contributed by atoms with Crippen molar-refractivity contribution < 1.29 is 32.5 Å². The Morgan fingerprint density at radius 1 is 1.24 bits per heavy atom. The van der Waals surface area contributed by atoms with E-state index in [1.807, 2.05) is 10.6 Å². The van der Waals surface area contributed by atoms with Crippen LogP contribution in [0.25, 0.3) is 10.9 Å². The smallest absolute Gasteiger partial charge is 0.419 e. The number of aryl methyl sites for hydroxylation is 1. The number of fused-ring (bicyclic) bond motifs is 3. The summed E-state index contributed by atoms with van der Waals surface area (Å²) in [4.78, 5) is 11.2.